The predicted octanol–water partition coefficient (Wildman–Crippen LogP) is 1.27. The molecule has 0 radical (unpaired) electrons. The number of rotatable bonds is 3. The van der Waals surface area contributed by atoms with Gasteiger partial charge in [0.15, 0.2) is 0 Å². The summed E-state index contributed by atoms with van der Waals surface area (Å²) < 4.78 is 0. The van der Waals surface area contributed by atoms with Crippen LogP contribution < -0.4 is 0 Å². The van der Waals surface area contributed by atoms with Gasteiger partial charge >= 0.3 is 0 Å². The Kier molecular flexibility index (Phi) is 9.91. The van der Waals surface area contributed by atoms with Crippen LogP contribution in [0.2, 0.25) is 0 Å². The van der Waals surface area contributed by atoms with E-state index < -0.39 is 0 Å². The van der Waals surface area contributed by atoms with Crippen molar-refractivity contribution in [2.45, 2.75) is 13.3 Å². The largest absolute Gasteiger partial charge is 0.306 e. The van der Waals surface area contributed by atoms with Gasteiger partial charge in [-0.2, -0.15) is 5.26 Å². The van der Waals surface area contributed by atoms with Crippen LogP contribution in [0.5, 0.6) is 0 Å². The molecule has 0 aromatic carbocycles. The first kappa shape index (κ1) is 11.5. The molecule has 0 bridgehead atoms. The minimum Gasteiger partial charge on any atom is -0.306 e. The van der Waals surface area contributed by atoms with E-state index in [1.54, 1.807) is 0 Å². The number of nitriles is 1. The summed E-state index contributed by atoms with van der Waals surface area (Å²) in [5.41, 5.74) is 0. The smallest absolute Gasteiger partial charge is 0.0635 e. The Balaban J connectivity index is 0. The van der Waals surface area contributed by atoms with Crippen LogP contribution >= 0.6 is 12.4 Å². The number of hydrogen-bond acceptors (Lipinski definition) is 2. The van der Waals surface area contributed by atoms with Crippen LogP contribution in [0.25, 0.3) is 0 Å². The molecule has 0 atom stereocenters. The van der Waals surface area contributed by atoms with Gasteiger partial charge in [-0.1, -0.05) is 6.92 Å². The highest BCUT2D eigenvalue weighted by Gasteiger charge is 1.89. The fraction of sp³-hybridized carbons (Fsp3) is 0.833. The van der Waals surface area contributed by atoms with Crippen molar-refractivity contribution >= 4 is 12.4 Å². The lowest BCUT2D eigenvalue weighted by Gasteiger charge is -2.09. The standard InChI is InChI=1S/C6H12N2.ClH/c1-3-8(2)6-4-5-7;/h3-4,6H2,1-2H3;1H. The van der Waals surface area contributed by atoms with Crippen LogP contribution in [-0.4, -0.2) is 25.0 Å². The van der Waals surface area contributed by atoms with E-state index in [4.69, 9.17) is 5.26 Å². The Morgan fingerprint density at radius 3 is 2.44 bits per heavy atom. The van der Waals surface area contributed by atoms with E-state index in [9.17, 15) is 0 Å². The van der Waals surface area contributed by atoms with Gasteiger partial charge in [-0.05, 0) is 13.6 Å². The molecule has 0 unspecified atom stereocenters. The van der Waals surface area contributed by atoms with Gasteiger partial charge in [0.1, 0.15) is 0 Å². The monoisotopic (exact) mass is 148 g/mol. The van der Waals surface area contributed by atoms with Crippen molar-refractivity contribution in [1.82, 2.24) is 4.90 Å². The molecule has 2 nitrogen and oxygen atoms in total. The summed E-state index contributed by atoms with van der Waals surface area (Å²) >= 11 is 0. The van der Waals surface area contributed by atoms with Crippen LogP contribution in [0.3, 0.4) is 0 Å². The predicted molar refractivity (Wildman–Crippen MR) is 40.6 cm³/mol. The quantitative estimate of drug-likeness (QED) is 0.603. The van der Waals surface area contributed by atoms with Crippen LogP contribution in [-0.2, 0) is 0 Å². The molecule has 0 amide bonds. The molecule has 0 rings (SSSR count). The Morgan fingerprint density at radius 2 is 2.11 bits per heavy atom. The summed E-state index contributed by atoms with van der Waals surface area (Å²) in [4.78, 5) is 2.11. The molecule has 54 valence electrons. The van der Waals surface area contributed by atoms with Gasteiger partial charge in [0.25, 0.3) is 0 Å². The van der Waals surface area contributed by atoms with Crippen molar-refractivity contribution in [2.75, 3.05) is 20.1 Å². The summed E-state index contributed by atoms with van der Waals surface area (Å²) in [7, 11) is 2.01. The van der Waals surface area contributed by atoms with E-state index in [1.165, 1.54) is 0 Å². The second kappa shape index (κ2) is 7.74. The van der Waals surface area contributed by atoms with Gasteiger partial charge in [-0.25, -0.2) is 0 Å². The number of halogens is 1. The molecule has 0 N–H and O–H groups in total. The summed E-state index contributed by atoms with van der Waals surface area (Å²) in [6.45, 7) is 4.01. The van der Waals surface area contributed by atoms with E-state index in [0.29, 0.717) is 6.42 Å². The van der Waals surface area contributed by atoms with Crippen molar-refractivity contribution in [3.8, 4) is 6.07 Å². The zero-order valence-corrected chi connectivity index (χ0v) is 6.74. The van der Waals surface area contributed by atoms with Crippen molar-refractivity contribution in [3.63, 3.8) is 0 Å². The lowest BCUT2D eigenvalue weighted by Crippen LogP contribution is -2.18. The van der Waals surface area contributed by atoms with E-state index in [1.807, 2.05) is 7.05 Å². The highest BCUT2D eigenvalue weighted by atomic mass is 35.5. The third-order valence-corrected chi connectivity index (χ3v) is 1.15. The third-order valence-electron chi connectivity index (χ3n) is 1.15. The Labute approximate surface area is 62.9 Å². The molecule has 0 saturated carbocycles. The summed E-state index contributed by atoms with van der Waals surface area (Å²) in [6.07, 6.45) is 0.643. The minimum absolute atomic E-state index is 0. The lowest BCUT2D eigenvalue weighted by molar-refractivity contribution is 0.362. The van der Waals surface area contributed by atoms with E-state index in [-0.39, 0.29) is 12.4 Å². The van der Waals surface area contributed by atoms with Crippen molar-refractivity contribution in [3.05, 3.63) is 0 Å². The van der Waals surface area contributed by atoms with Gasteiger partial charge in [0, 0.05) is 13.0 Å². The minimum atomic E-state index is 0. The molecule has 0 aliphatic carbocycles. The fourth-order valence-electron chi connectivity index (χ4n) is 0.399. The first-order valence-electron chi connectivity index (χ1n) is 2.86. The molecule has 0 aliphatic rings. The number of nitrogens with zero attached hydrogens (tertiary/aromatic N) is 2. The normalized spacial score (nSPS) is 8.22. The summed E-state index contributed by atoms with van der Waals surface area (Å²) in [6, 6.07) is 2.09. The molecule has 0 aromatic heterocycles. The van der Waals surface area contributed by atoms with Crippen LogP contribution in [0.1, 0.15) is 13.3 Å². The summed E-state index contributed by atoms with van der Waals surface area (Å²) in [5, 5.41) is 8.13. The molecule has 3 heteroatoms. The van der Waals surface area contributed by atoms with Crippen molar-refractivity contribution < 1.29 is 0 Å². The van der Waals surface area contributed by atoms with Crippen LogP contribution in [0, 0.1) is 11.3 Å². The van der Waals surface area contributed by atoms with E-state index in [2.05, 4.69) is 17.9 Å². The second-order valence-corrected chi connectivity index (χ2v) is 1.80. The average molecular weight is 149 g/mol. The van der Waals surface area contributed by atoms with Gasteiger partial charge in [-0.15, -0.1) is 12.4 Å². The molecule has 0 spiro atoms. The fourth-order valence-corrected chi connectivity index (χ4v) is 0.399. The van der Waals surface area contributed by atoms with Gasteiger partial charge in [-0.3, -0.25) is 0 Å². The Bertz CT molecular complexity index is 87.5. The van der Waals surface area contributed by atoms with Crippen LogP contribution in [0.15, 0.2) is 0 Å². The highest BCUT2D eigenvalue weighted by Crippen LogP contribution is 1.82. The molecular weight excluding hydrogens is 136 g/mol. The van der Waals surface area contributed by atoms with Crippen LogP contribution in [0.4, 0.5) is 0 Å². The zero-order valence-electron chi connectivity index (χ0n) is 5.92. The average Bonchev–Trinajstić information content (AvgIpc) is 1.83. The first-order valence-corrected chi connectivity index (χ1v) is 2.86. The maximum absolute atomic E-state index is 8.13. The van der Waals surface area contributed by atoms with E-state index >= 15 is 0 Å². The molecule has 0 heterocycles. The molecule has 0 aliphatic heterocycles. The van der Waals surface area contributed by atoms with Crippen molar-refractivity contribution in [2.24, 2.45) is 0 Å². The molecule has 0 saturated heterocycles. The highest BCUT2D eigenvalue weighted by molar-refractivity contribution is 5.85. The number of hydrogen-bond donors (Lipinski definition) is 0. The molecular formula is C6H13ClN2. The Hall–Kier alpha value is -0.260. The summed E-state index contributed by atoms with van der Waals surface area (Å²) in [5.74, 6) is 0. The maximum atomic E-state index is 8.13. The topological polar surface area (TPSA) is 27.0 Å². The van der Waals surface area contributed by atoms with Crippen molar-refractivity contribution in [1.29, 1.82) is 5.26 Å². The molecule has 0 aromatic rings. The zero-order chi connectivity index (χ0) is 6.41. The van der Waals surface area contributed by atoms with Gasteiger partial charge in [0.05, 0.1) is 6.07 Å². The van der Waals surface area contributed by atoms with E-state index in [0.717, 1.165) is 13.1 Å². The van der Waals surface area contributed by atoms with Gasteiger partial charge in [0.2, 0.25) is 0 Å². The maximum Gasteiger partial charge on any atom is 0.0635 e. The molecule has 0 fully saturated rings. The SMILES string of the molecule is CCN(C)CCC#N.Cl. The Morgan fingerprint density at radius 1 is 1.56 bits per heavy atom. The lowest BCUT2D eigenvalue weighted by atomic mass is 10.4. The third kappa shape index (κ3) is 7.74. The second-order valence-electron chi connectivity index (χ2n) is 1.80. The molecule has 9 heavy (non-hydrogen) atoms. The van der Waals surface area contributed by atoms with Gasteiger partial charge < -0.3 is 4.90 Å². The first-order chi connectivity index (χ1) is 3.81.